The van der Waals surface area contributed by atoms with E-state index in [1.165, 1.54) is 0 Å². The van der Waals surface area contributed by atoms with Crippen LogP contribution in [0.1, 0.15) is 0 Å². The van der Waals surface area contributed by atoms with E-state index in [0.29, 0.717) is 4.31 Å². The van der Waals surface area contributed by atoms with Crippen LogP contribution in [0.15, 0.2) is 47.4 Å². The first-order chi connectivity index (χ1) is 11.3. The number of benzene rings is 2. The molecular weight excluding hydrogens is 364 g/mol. The summed E-state index contributed by atoms with van der Waals surface area (Å²) in [6.45, 7) is -0.668. The molecule has 0 saturated carbocycles. The van der Waals surface area contributed by atoms with Crippen LogP contribution in [0, 0.1) is 11.6 Å². The van der Waals surface area contributed by atoms with E-state index in [0.717, 1.165) is 42.5 Å². The zero-order valence-corrected chi connectivity index (χ0v) is 13.6. The summed E-state index contributed by atoms with van der Waals surface area (Å²) >= 11 is 5.67. The third kappa shape index (κ3) is 3.81. The van der Waals surface area contributed by atoms with Crippen molar-refractivity contribution < 1.29 is 22.0 Å². The van der Waals surface area contributed by atoms with Gasteiger partial charge in [-0.1, -0.05) is 11.6 Å². The van der Waals surface area contributed by atoms with Crippen molar-refractivity contribution in [2.45, 2.75) is 4.90 Å². The van der Waals surface area contributed by atoms with Gasteiger partial charge in [0.25, 0.3) is 15.9 Å². The maximum absolute atomic E-state index is 13.3. The van der Waals surface area contributed by atoms with Gasteiger partial charge in [-0.2, -0.15) is 0 Å². The largest absolute Gasteiger partial charge is 0.293 e. The van der Waals surface area contributed by atoms with Crippen LogP contribution in [-0.2, 0) is 14.8 Å². The van der Waals surface area contributed by atoms with Crippen LogP contribution >= 0.6 is 11.6 Å². The summed E-state index contributed by atoms with van der Waals surface area (Å²) < 4.78 is 52.5. The summed E-state index contributed by atoms with van der Waals surface area (Å²) in [5.74, 6) is 2.83. The van der Waals surface area contributed by atoms with E-state index >= 15 is 0 Å². The lowest BCUT2D eigenvalue weighted by Gasteiger charge is -2.24. The predicted octanol–water partition coefficient (Wildman–Crippen LogP) is 1.80. The minimum atomic E-state index is -4.24. The molecule has 0 aliphatic carbocycles. The highest BCUT2D eigenvalue weighted by Crippen LogP contribution is 2.27. The summed E-state index contributed by atoms with van der Waals surface area (Å²) in [6, 6.07) is 7.18. The Kier molecular flexibility index (Phi) is 5.37. The number of nitrogens with one attached hydrogen (secondary N) is 1. The fourth-order valence-corrected chi connectivity index (χ4v) is 3.45. The number of nitrogens with zero attached hydrogens (tertiary/aromatic N) is 1. The van der Waals surface area contributed by atoms with E-state index in [1.807, 2.05) is 5.43 Å². The van der Waals surface area contributed by atoms with E-state index in [2.05, 4.69) is 0 Å². The highest BCUT2D eigenvalue weighted by atomic mass is 35.5. The van der Waals surface area contributed by atoms with Crippen molar-refractivity contribution in [2.75, 3.05) is 10.8 Å². The molecule has 1 amide bonds. The summed E-state index contributed by atoms with van der Waals surface area (Å²) in [4.78, 5) is 11.3. The van der Waals surface area contributed by atoms with E-state index in [4.69, 9.17) is 17.4 Å². The molecule has 3 N–H and O–H groups in total. The number of amides is 1. The molecule has 2 rings (SSSR count). The quantitative estimate of drug-likeness (QED) is 0.473. The third-order valence-electron chi connectivity index (χ3n) is 3.04. The fourth-order valence-electron chi connectivity index (χ4n) is 1.87. The normalized spacial score (nSPS) is 11.2. The maximum atomic E-state index is 13.3. The van der Waals surface area contributed by atoms with Gasteiger partial charge in [0.05, 0.1) is 15.6 Å². The number of sulfonamides is 1. The van der Waals surface area contributed by atoms with Gasteiger partial charge in [-0.15, -0.1) is 0 Å². The molecular formula is C14H12ClF2N3O3S. The van der Waals surface area contributed by atoms with Crippen molar-refractivity contribution in [2.24, 2.45) is 5.84 Å². The topological polar surface area (TPSA) is 92.5 Å². The Morgan fingerprint density at radius 1 is 1.17 bits per heavy atom. The molecule has 0 saturated heterocycles. The van der Waals surface area contributed by atoms with E-state index < -0.39 is 34.1 Å². The second-order valence-electron chi connectivity index (χ2n) is 4.63. The number of carbonyl (C=O) groups is 1. The van der Waals surface area contributed by atoms with Crippen molar-refractivity contribution in [3.8, 4) is 0 Å². The number of anilines is 1. The lowest BCUT2D eigenvalue weighted by Crippen LogP contribution is -2.43. The van der Waals surface area contributed by atoms with Crippen LogP contribution < -0.4 is 15.6 Å². The first-order valence-corrected chi connectivity index (χ1v) is 8.30. The Bertz CT molecular complexity index is 860. The molecule has 2 aromatic rings. The lowest BCUT2D eigenvalue weighted by molar-refractivity contribution is -0.119. The molecule has 2 aromatic carbocycles. The fraction of sp³-hybridized carbons (Fsp3) is 0.0714. The number of hydrogen-bond acceptors (Lipinski definition) is 4. The minimum absolute atomic E-state index is 0.0469. The van der Waals surface area contributed by atoms with Gasteiger partial charge in [0, 0.05) is 0 Å². The van der Waals surface area contributed by atoms with Crippen molar-refractivity contribution in [3.05, 3.63) is 59.1 Å². The molecule has 0 aromatic heterocycles. The van der Waals surface area contributed by atoms with Crippen molar-refractivity contribution in [1.29, 1.82) is 0 Å². The highest BCUT2D eigenvalue weighted by molar-refractivity contribution is 7.92. The molecule has 0 aliphatic rings. The second-order valence-corrected chi connectivity index (χ2v) is 6.90. The first-order valence-electron chi connectivity index (χ1n) is 6.48. The second kappa shape index (κ2) is 7.12. The molecule has 0 radical (unpaired) electrons. The standard InChI is InChI=1S/C14H12ClF2N3O3S/c15-12-7-10(3-6-13(12)17)20(8-14(21)19-18)24(22,23)11-4-1-9(16)2-5-11/h1-7H,8,18H2,(H,19,21). The number of hydrazine groups is 1. The smallest absolute Gasteiger partial charge is 0.264 e. The Hall–Kier alpha value is -2.23. The Morgan fingerprint density at radius 2 is 1.79 bits per heavy atom. The molecule has 0 bridgehead atoms. The summed E-state index contributed by atoms with van der Waals surface area (Å²) in [6.07, 6.45) is 0. The van der Waals surface area contributed by atoms with Gasteiger partial charge in [-0.05, 0) is 42.5 Å². The number of hydrogen-bond donors (Lipinski definition) is 2. The Labute approximate surface area is 141 Å². The van der Waals surface area contributed by atoms with Crippen molar-refractivity contribution in [1.82, 2.24) is 5.43 Å². The number of halogens is 3. The third-order valence-corrected chi connectivity index (χ3v) is 5.12. The number of carbonyl (C=O) groups excluding carboxylic acids is 1. The van der Waals surface area contributed by atoms with E-state index in [9.17, 15) is 22.0 Å². The van der Waals surface area contributed by atoms with Gasteiger partial charge in [0.2, 0.25) is 0 Å². The highest BCUT2D eigenvalue weighted by Gasteiger charge is 2.27. The van der Waals surface area contributed by atoms with Crippen LogP contribution in [0.25, 0.3) is 0 Å². The van der Waals surface area contributed by atoms with Gasteiger partial charge in [0.1, 0.15) is 18.2 Å². The molecule has 0 unspecified atom stereocenters. The molecule has 0 fully saturated rings. The monoisotopic (exact) mass is 375 g/mol. The van der Waals surface area contributed by atoms with Crippen molar-refractivity contribution >= 4 is 33.2 Å². The van der Waals surface area contributed by atoms with Crippen LogP contribution in [0.4, 0.5) is 14.5 Å². The van der Waals surface area contributed by atoms with Crippen molar-refractivity contribution in [3.63, 3.8) is 0 Å². The van der Waals surface area contributed by atoms with Crippen LogP contribution in [0.5, 0.6) is 0 Å². The summed E-state index contributed by atoms with van der Waals surface area (Å²) in [5, 5.41) is -0.319. The maximum Gasteiger partial charge on any atom is 0.264 e. The summed E-state index contributed by atoms with van der Waals surface area (Å²) in [5.41, 5.74) is 1.76. The molecule has 0 aliphatic heterocycles. The Morgan fingerprint density at radius 3 is 2.33 bits per heavy atom. The number of rotatable bonds is 5. The Balaban J connectivity index is 2.54. The molecule has 10 heteroatoms. The van der Waals surface area contributed by atoms with Crippen LogP contribution in [-0.4, -0.2) is 20.9 Å². The van der Waals surface area contributed by atoms with E-state index in [1.54, 1.807) is 0 Å². The molecule has 128 valence electrons. The SMILES string of the molecule is NNC(=O)CN(c1ccc(F)c(Cl)c1)S(=O)(=O)c1ccc(F)cc1. The molecule has 0 spiro atoms. The average molecular weight is 376 g/mol. The zero-order chi connectivity index (χ0) is 17.9. The lowest BCUT2D eigenvalue weighted by atomic mass is 10.3. The van der Waals surface area contributed by atoms with E-state index in [-0.39, 0.29) is 15.6 Å². The zero-order valence-electron chi connectivity index (χ0n) is 12.0. The number of nitrogens with two attached hydrogens (primary N) is 1. The van der Waals surface area contributed by atoms with Crippen LogP contribution in [0.2, 0.25) is 5.02 Å². The van der Waals surface area contributed by atoms with Gasteiger partial charge in [-0.25, -0.2) is 23.0 Å². The van der Waals surface area contributed by atoms with Gasteiger partial charge < -0.3 is 0 Å². The molecule has 6 nitrogen and oxygen atoms in total. The van der Waals surface area contributed by atoms with Gasteiger partial charge >= 0.3 is 0 Å². The molecule has 0 heterocycles. The average Bonchev–Trinajstić information content (AvgIpc) is 2.55. The first kappa shape index (κ1) is 18.1. The van der Waals surface area contributed by atoms with Gasteiger partial charge in [-0.3, -0.25) is 14.5 Å². The van der Waals surface area contributed by atoms with Crippen LogP contribution in [0.3, 0.4) is 0 Å². The molecule has 0 atom stereocenters. The molecule has 24 heavy (non-hydrogen) atoms. The predicted molar refractivity (Wildman–Crippen MR) is 84.7 cm³/mol. The van der Waals surface area contributed by atoms with Gasteiger partial charge in [0.15, 0.2) is 0 Å². The summed E-state index contributed by atoms with van der Waals surface area (Å²) in [7, 11) is -4.24. The minimum Gasteiger partial charge on any atom is -0.293 e.